The number of thiazole rings is 1. The first-order chi connectivity index (χ1) is 21.3. The predicted molar refractivity (Wildman–Crippen MR) is 169 cm³/mol. The average molecular weight is 698 g/mol. The summed E-state index contributed by atoms with van der Waals surface area (Å²) in [6.45, 7) is 4.01. The van der Waals surface area contributed by atoms with Crippen LogP contribution >= 0.6 is 38.9 Å². The van der Waals surface area contributed by atoms with Crippen LogP contribution in [0.25, 0.3) is 6.08 Å². The molecule has 4 aromatic rings. The molecule has 0 radical (unpaired) electrons. The molecule has 0 bridgehead atoms. The summed E-state index contributed by atoms with van der Waals surface area (Å²) in [5, 5.41) is 0.606. The molecular formula is C32H26BrClN2O7S. The van der Waals surface area contributed by atoms with Crippen molar-refractivity contribution in [2.45, 2.75) is 26.5 Å². The monoisotopic (exact) mass is 696 g/mol. The highest BCUT2D eigenvalue weighted by atomic mass is 79.9. The number of rotatable bonds is 8. The van der Waals surface area contributed by atoms with E-state index in [1.807, 2.05) is 30.3 Å². The van der Waals surface area contributed by atoms with E-state index in [1.54, 1.807) is 51.3 Å². The number of methoxy groups -OCH3 is 1. The van der Waals surface area contributed by atoms with Crippen molar-refractivity contribution in [2.24, 2.45) is 4.99 Å². The first-order valence-corrected chi connectivity index (χ1v) is 15.6. The van der Waals surface area contributed by atoms with Crippen molar-refractivity contribution in [3.05, 3.63) is 112 Å². The fraction of sp³-hybridized carbons (Fsp3) is 0.219. The van der Waals surface area contributed by atoms with Gasteiger partial charge in [-0.2, -0.15) is 0 Å². The van der Waals surface area contributed by atoms with Gasteiger partial charge in [0, 0.05) is 10.6 Å². The summed E-state index contributed by atoms with van der Waals surface area (Å²) >= 11 is 11.1. The van der Waals surface area contributed by atoms with E-state index in [9.17, 15) is 9.59 Å². The molecule has 0 amide bonds. The van der Waals surface area contributed by atoms with Gasteiger partial charge < -0.3 is 23.7 Å². The Bertz CT molecular complexity index is 2000. The quantitative estimate of drug-likeness (QED) is 0.224. The summed E-state index contributed by atoms with van der Waals surface area (Å²) in [7, 11) is 1.55. The summed E-state index contributed by atoms with van der Waals surface area (Å²) in [6.07, 6.45) is 1.76. The summed E-state index contributed by atoms with van der Waals surface area (Å²) in [5.74, 6) is 1.58. The molecule has 3 heterocycles. The van der Waals surface area contributed by atoms with Crippen LogP contribution in [0.2, 0.25) is 5.02 Å². The van der Waals surface area contributed by atoms with Crippen molar-refractivity contribution in [2.75, 3.05) is 20.5 Å². The Morgan fingerprint density at radius 2 is 1.98 bits per heavy atom. The maximum Gasteiger partial charge on any atom is 0.338 e. The molecule has 1 atom stereocenters. The number of esters is 1. The third-order valence-electron chi connectivity index (χ3n) is 7.11. The molecule has 0 aliphatic carbocycles. The summed E-state index contributed by atoms with van der Waals surface area (Å²) in [4.78, 5) is 32.3. The van der Waals surface area contributed by atoms with E-state index >= 15 is 0 Å². The van der Waals surface area contributed by atoms with Gasteiger partial charge >= 0.3 is 5.97 Å². The number of hydrogen-bond acceptors (Lipinski definition) is 9. The van der Waals surface area contributed by atoms with Crippen LogP contribution in [0.15, 0.2) is 80.1 Å². The molecule has 1 aromatic heterocycles. The number of aromatic nitrogens is 1. The second-order valence-corrected chi connectivity index (χ2v) is 12.1. The number of allylic oxidation sites excluding steroid dienone is 1. The molecule has 0 saturated carbocycles. The zero-order valence-corrected chi connectivity index (χ0v) is 27.0. The number of ether oxygens (including phenoxy) is 5. The van der Waals surface area contributed by atoms with E-state index in [1.165, 1.54) is 15.9 Å². The average Bonchev–Trinajstić information content (AvgIpc) is 3.60. The molecule has 0 unspecified atom stereocenters. The zero-order valence-electron chi connectivity index (χ0n) is 23.9. The Morgan fingerprint density at radius 3 is 2.75 bits per heavy atom. The molecule has 6 rings (SSSR count). The summed E-state index contributed by atoms with van der Waals surface area (Å²) in [6, 6.07) is 15.7. The van der Waals surface area contributed by atoms with Gasteiger partial charge in [-0.15, -0.1) is 0 Å². The van der Waals surface area contributed by atoms with Crippen LogP contribution in [0.5, 0.6) is 23.0 Å². The Morgan fingerprint density at radius 1 is 1.18 bits per heavy atom. The lowest BCUT2D eigenvalue weighted by Crippen LogP contribution is -2.39. The van der Waals surface area contributed by atoms with Gasteiger partial charge in [-0.05, 0) is 77.3 Å². The largest absolute Gasteiger partial charge is 0.493 e. The summed E-state index contributed by atoms with van der Waals surface area (Å²) in [5.41, 5.74) is 2.66. The minimum atomic E-state index is -0.774. The topological polar surface area (TPSA) is 97.6 Å². The fourth-order valence-corrected chi connectivity index (χ4v) is 6.88. The van der Waals surface area contributed by atoms with E-state index in [-0.39, 0.29) is 31.1 Å². The third-order valence-corrected chi connectivity index (χ3v) is 9.05. The lowest BCUT2D eigenvalue weighted by molar-refractivity contribution is -0.139. The van der Waals surface area contributed by atoms with Crippen LogP contribution < -0.4 is 33.8 Å². The summed E-state index contributed by atoms with van der Waals surface area (Å²) < 4.78 is 30.7. The lowest BCUT2D eigenvalue weighted by atomic mass is 9.95. The number of nitrogens with zero attached hydrogens (tertiary/aromatic N) is 2. The van der Waals surface area contributed by atoms with Crippen LogP contribution in [0, 0.1) is 0 Å². The normalized spacial score (nSPS) is 15.6. The van der Waals surface area contributed by atoms with Crippen molar-refractivity contribution in [1.29, 1.82) is 0 Å². The van der Waals surface area contributed by atoms with Crippen molar-refractivity contribution >= 4 is 50.9 Å². The van der Waals surface area contributed by atoms with Gasteiger partial charge in [-0.3, -0.25) is 9.36 Å². The van der Waals surface area contributed by atoms with Crippen LogP contribution in [-0.2, 0) is 16.1 Å². The van der Waals surface area contributed by atoms with E-state index < -0.39 is 12.0 Å². The molecule has 44 heavy (non-hydrogen) atoms. The van der Waals surface area contributed by atoms with Gasteiger partial charge in [-0.1, -0.05) is 47.2 Å². The van der Waals surface area contributed by atoms with Gasteiger partial charge in [-0.25, -0.2) is 9.79 Å². The number of hydrogen-bond donors (Lipinski definition) is 0. The maximum atomic E-state index is 14.0. The molecule has 0 spiro atoms. The van der Waals surface area contributed by atoms with E-state index in [2.05, 4.69) is 20.9 Å². The third kappa shape index (κ3) is 5.62. The van der Waals surface area contributed by atoms with Crippen molar-refractivity contribution in [3.63, 3.8) is 0 Å². The van der Waals surface area contributed by atoms with Gasteiger partial charge in [0.25, 0.3) is 5.56 Å². The van der Waals surface area contributed by atoms with Crippen LogP contribution in [0.3, 0.4) is 0 Å². The number of halogens is 2. The Balaban J connectivity index is 1.42. The van der Waals surface area contributed by atoms with E-state index in [0.717, 1.165) is 5.56 Å². The minimum Gasteiger partial charge on any atom is -0.493 e. The molecular weight excluding hydrogens is 672 g/mol. The Kier molecular flexibility index (Phi) is 8.53. The molecule has 3 aromatic carbocycles. The number of benzene rings is 3. The van der Waals surface area contributed by atoms with Gasteiger partial charge in [0.1, 0.15) is 6.61 Å². The molecule has 0 saturated heterocycles. The Hall–Kier alpha value is -4.06. The smallest absolute Gasteiger partial charge is 0.338 e. The molecule has 0 N–H and O–H groups in total. The van der Waals surface area contributed by atoms with Crippen LogP contribution in [0.4, 0.5) is 0 Å². The highest BCUT2D eigenvalue weighted by Gasteiger charge is 2.34. The van der Waals surface area contributed by atoms with Crippen molar-refractivity contribution in [1.82, 2.24) is 4.57 Å². The van der Waals surface area contributed by atoms with Gasteiger partial charge in [0.05, 0.1) is 40.0 Å². The van der Waals surface area contributed by atoms with Gasteiger partial charge in [0.2, 0.25) is 6.79 Å². The molecule has 2 aliphatic rings. The highest BCUT2D eigenvalue weighted by molar-refractivity contribution is 9.10. The first-order valence-electron chi connectivity index (χ1n) is 13.6. The zero-order chi connectivity index (χ0) is 31.0. The maximum absolute atomic E-state index is 14.0. The van der Waals surface area contributed by atoms with Crippen LogP contribution in [-0.4, -0.2) is 31.0 Å². The molecule has 12 heteroatoms. The van der Waals surface area contributed by atoms with E-state index in [0.29, 0.717) is 58.7 Å². The van der Waals surface area contributed by atoms with Crippen LogP contribution in [0.1, 0.15) is 36.6 Å². The second-order valence-electron chi connectivity index (χ2n) is 9.83. The predicted octanol–water partition coefficient (Wildman–Crippen LogP) is 5.53. The fourth-order valence-electron chi connectivity index (χ4n) is 5.07. The first kappa shape index (κ1) is 30.0. The highest BCUT2D eigenvalue weighted by Crippen LogP contribution is 2.39. The van der Waals surface area contributed by atoms with E-state index in [4.69, 9.17) is 35.3 Å². The van der Waals surface area contributed by atoms with Gasteiger partial charge in [0.15, 0.2) is 27.8 Å². The second kappa shape index (κ2) is 12.5. The number of carbonyl (C=O) groups excluding carboxylic acids is 1. The standard InChI is InChI=1S/C32H26BrClN2O7S/c1-4-40-31(38)27-17(2)35-32-36(28(27)19-9-10-23-24(14-19)43-16-42-23)30(37)26(44-32)13-18-11-21(33)29(25(12-18)39-3)41-15-20-7-5-6-8-22(20)34/h5-14,28H,4,15-16H2,1-3H3/b26-13-/t28-/m1/s1. The molecule has 9 nitrogen and oxygen atoms in total. The van der Waals surface area contributed by atoms with Crippen molar-refractivity contribution in [3.8, 4) is 23.0 Å². The lowest BCUT2D eigenvalue weighted by Gasteiger charge is -2.24. The van der Waals surface area contributed by atoms with Crippen molar-refractivity contribution < 1.29 is 28.5 Å². The molecule has 2 aliphatic heterocycles. The number of carbonyl (C=O) groups is 1. The number of fused-ring (bicyclic) bond motifs is 2. The molecule has 0 fully saturated rings. The Labute approximate surface area is 269 Å². The SMILES string of the molecule is CCOC(=O)C1=C(C)N=c2s/c(=C\c3cc(Br)c(OCc4ccccc4Cl)c(OC)c3)c(=O)n2[C@@H]1c1ccc2c(c1)OCO2. The minimum absolute atomic E-state index is 0.101. The molecule has 226 valence electrons.